The van der Waals surface area contributed by atoms with Gasteiger partial charge in [0.2, 0.25) is 0 Å². The third-order valence-corrected chi connectivity index (χ3v) is 4.43. The van der Waals surface area contributed by atoms with Crippen LogP contribution < -0.4 is 10.6 Å². The van der Waals surface area contributed by atoms with Crippen molar-refractivity contribution in [3.05, 3.63) is 64.7 Å². The first-order valence-electron chi connectivity index (χ1n) is 8.72. The molecule has 2 unspecified atom stereocenters. The summed E-state index contributed by atoms with van der Waals surface area (Å²) in [6.45, 7) is 6.21. The second kappa shape index (κ2) is 9.29. The molecule has 5 nitrogen and oxygen atoms in total. The van der Waals surface area contributed by atoms with Crippen molar-refractivity contribution in [2.75, 3.05) is 13.2 Å². The Bertz CT molecular complexity index is 734. The maximum atomic E-state index is 12.9. The fourth-order valence-corrected chi connectivity index (χ4v) is 2.64. The molecule has 2 rings (SSSR count). The Labute approximate surface area is 153 Å². The Balaban J connectivity index is 1.84. The van der Waals surface area contributed by atoms with Gasteiger partial charge in [-0.25, -0.2) is 9.18 Å². The van der Waals surface area contributed by atoms with E-state index < -0.39 is 0 Å². The molecular weight excluding hydrogens is 333 g/mol. The van der Waals surface area contributed by atoms with Crippen LogP contribution in [0.5, 0.6) is 0 Å². The van der Waals surface area contributed by atoms with Gasteiger partial charge in [0.05, 0.1) is 18.8 Å². The third-order valence-electron chi connectivity index (χ3n) is 4.43. The molecule has 0 aliphatic heterocycles. The zero-order chi connectivity index (χ0) is 19.1. The van der Waals surface area contributed by atoms with Gasteiger partial charge in [0.15, 0.2) is 0 Å². The lowest BCUT2D eigenvalue weighted by atomic mass is 10.0. The molecule has 0 aliphatic rings. The molecule has 0 saturated heterocycles. The largest absolute Gasteiger partial charge is 0.394 e. The first-order chi connectivity index (χ1) is 12.4. The second-order valence-corrected chi connectivity index (χ2v) is 6.66. The van der Waals surface area contributed by atoms with E-state index in [9.17, 15) is 14.3 Å². The number of aromatic nitrogens is 1. The van der Waals surface area contributed by atoms with Gasteiger partial charge in [0.1, 0.15) is 5.82 Å². The first kappa shape index (κ1) is 19.8. The van der Waals surface area contributed by atoms with E-state index in [2.05, 4.69) is 21.7 Å². The molecule has 0 saturated carbocycles. The Hall–Kier alpha value is -2.47. The highest BCUT2D eigenvalue weighted by atomic mass is 19.1. The van der Waals surface area contributed by atoms with Gasteiger partial charge in [-0.1, -0.05) is 25.1 Å². The van der Waals surface area contributed by atoms with Gasteiger partial charge in [-0.3, -0.25) is 4.98 Å². The van der Waals surface area contributed by atoms with Gasteiger partial charge < -0.3 is 15.7 Å². The number of aliphatic hydroxyl groups is 1. The normalized spacial score (nSPS) is 13.1. The number of nitrogens with one attached hydrogen (secondary N) is 2. The second-order valence-electron chi connectivity index (χ2n) is 6.66. The standard InChI is InChI=1S/C20H26FN3O2/c1-13-4-5-16(8-14(13)2)9-18(12-25)24-20(26)23-10-15(3)19-7-6-17(21)11-22-19/h4-8,11,15,18,25H,9-10,12H2,1-3H3,(H2,23,24,26). The van der Waals surface area contributed by atoms with Gasteiger partial charge in [-0.05, 0) is 49.1 Å². The summed E-state index contributed by atoms with van der Waals surface area (Å²) in [6.07, 6.45) is 1.72. The summed E-state index contributed by atoms with van der Waals surface area (Å²) in [5.41, 5.74) is 4.17. The van der Waals surface area contributed by atoms with Crippen LogP contribution in [0.15, 0.2) is 36.5 Å². The van der Waals surface area contributed by atoms with E-state index >= 15 is 0 Å². The highest BCUT2D eigenvalue weighted by Crippen LogP contribution is 2.12. The van der Waals surface area contributed by atoms with E-state index in [1.807, 2.05) is 32.9 Å². The lowest BCUT2D eigenvalue weighted by molar-refractivity contribution is 0.215. The van der Waals surface area contributed by atoms with Crippen LogP contribution in [0.2, 0.25) is 0 Å². The fraction of sp³-hybridized carbons (Fsp3) is 0.400. The number of halogens is 1. The molecule has 0 bridgehead atoms. The molecule has 2 aromatic rings. The molecule has 3 N–H and O–H groups in total. The molecule has 0 spiro atoms. The molecular formula is C20H26FN3O2. The number of hydrogen-bond donors (Lipinski definition) is 3. The number of amides is 2. The van der Waals surface area contributed by atoms with E-state index in [-0.39, 0.29) is 30.4 Å². The van der Waals surface area contributed by atoms with Crippen molar-refractivity contribution in [3.63, 3.8) is 0 Å². The van der Waals surface area contributed by atoms with Crippen molar-refractivity contribution in [2.24, 2.45) is 0 Å². The lowest BCUT2D eigenvalue weighted by Gasteiger charge is -2.19. The topological polar surface area (TPSA) is 74.2 Å². The van der Waals surface area contributed by atoms with E-state index in [4.69, 9.17) is 0 Å². The van der Waals surface area contributed by atoms with Crippen LogP contribution in [0.25, 0.3) is 0 Å². The van der Waals surface area contributed by atoms with Gasteiger partial charge in [-0.2, -0.15) is 0 Å². The number of hydrogen-bond acceptors (Lipinski definition) is 3. The number of nitrogens with zero attached hydrogens (tertiary/aromatic N) is 1. The Morgan fingerprint density at radius 3 is 2.62 bits per heavy atom. The molecule has 2 amide bonds. The van der Waals surface area contributed by atoms with Crippen molar-refractivity contribution in [1.29, 1.82) is 0 Å². The predicted octanol–water partition coefficient (Wildman–Crippen LogP) is 2.84. The molecule has 26 heavy (non-hydrogen) atoms. The van der Waals surface area contributed by atoms with Crippen LogP contribution in [0.3, 0.4) is 0 Å². The fourth-order valence-electron chi connectivity index (χ4n) is 2.64. The average molecular weight is 359 g/mol. The molecule has 1 aromatic carbocycles. The molecule has 0 fully saturated rings. The van der Waals surface area contributed by atoms with E-state index in [0.717, 1.165) is 11.8 Å². The van der Waals surface area contributed by atoms with Crippen molar-refractivity contribution in [2.45, 2.75) is 39.2 Å². The van der Waals surface area contributed by atoms with Gasteiger partial charge in [-0.15, -0.1) is 0 Å². The number of aliphatic hydroxyl groups excluding tert-OH is 1. The summed E-state index contributed by atoms with van der Waals surface area (Å²) in [5.74, 6) is -0.433. The number of aryl methyl sites for hydroxylation is 2. The molecule has 2 atom stereocenters. The van der Waals surface area contributed by atoms with Crippen molar-refractivity contribution >= 4 is 6.03 Å². The maximum absolute atomic E-state index is 12.9. The van der Waals surface area contributed by atoms with Gasteiger partial charge in [0.25, 0.3) is 0 Å². The first-order valence-corrected chi connectivity index (χ1v) is 8.72. The quantitative estimate of drug-likeness (QED) is 0.712. The number of carbonyl (C=O) groups excluding carboxylic acids is 1. The molecule has 0 aliphatic carbocycles. The van der Waals surface area contributed by atoms with Gasteiger partial charge >= 0.3 is 6.03 Å². The summed E-state index contributed by atoms with van der Waals surface area (Å²) >= 11 is 0. The summed E-state index contributed by atoms with van der Waals surface area (Å²) in [7, 11) is 0. The zero-order valence-corrected chi connectivity index (χ0v) is 15.4. The molecule has 0 radical (unpaired) electrons. The van der Waals surface area contributed by atoms with Crippen LogP contribution in [-0.4, -0.2) is 35.3 Å². The number of pyridine rings is 1. The predicted molar refractivity (Wildman–Crippen MR) is 99.6 cm³/mol. The summed E-state index contributed by atoms with van der Waals surface area (Å²) in [6, 6.07) is 8.36. The van der Waals surface area contributed by atoms with Crippen molar-refractivity contribution in [1.82, 2.24) is 15.6 Å². The maximum Gasteiger partial charge on any atom is 0.315 e. The molecule has 1 heterocycles. The minimum atomic E-state index is -0.385. The highest BCUT2D eigenvalue weighted by Gasteiger charge is 2.14. The van der Waals surface area contributed by atoms with Crippen LogP contribution in [0, 0.1) is 19.7 Å². The van der Waals surface area contributed by atoms with Crippen molar-refractivity contribution < 1.29 is 14.3 Å². The van der Waals surface area contributed by atoms with Gasteiger partial charge in [0, 0.05) is 18.2 Å². The Kier molecular flexibility index (Phi) is 7.09. The minimum absolute atomic E-state index is 0.0475. The number of urea groups is 1. The summed E-state index contributed by atoms with van der Waals surface area (Å²) < 4.78 is 12.9. The third kappa shape index (κ3) is 5.81. The average Bonchev–Trinajstić information content (AvgIpc) is 2.62. The van der Waals surface area contributed by atoms with Crippen LogP contribution >= 0.6 is 0 Å². The highest BCUT2D eigenvalue weighted by molar-refractivity contribution is 5.74. The molecule has 1 aromatic heterocycles. The smallest absolute Gasteiger partial charge is 0.315 e. The minimum Gasteiger partial charge on any atom is -0.394 e. The number of benzene rings is 1. The van der Waals surface area contributed by atoms with E-state index in [1.54, 1.807) is 6.07 Å². The Morgan fingerprint density at radius 1 is 1.23 bits per heavy atom. The van der Waals surface area contributed by atoms with Crippen LogP contribution in [0.4, 0.5) is 9.18 Å². The van der Waals surface area contributed by atoms with Crippen LogP contribution in [0.1, 0.15) is 35.2 Å². The summed E-state index contributed by atoms with van der Waals surface area (Å²) in [4.78, 5) is 16.1. The monoisotopic (exact) mass is 359 g/mol. The molecule has 6 heteroatoms. The van der Waals surface area contributed by atoms with E-state index in [0.29, 0.717) is 18.7 Å². The zero-order valence-electron chi connectivity index (χ0n) is 15.4. The number of rotatable bonds is 7. The summed E-state index contributed by atoms with van der Waals surface area (Å²) in [5, 5.41) is 15.1. The SMILES string of the molecule is Cc1ccc(CC(CO)NC(=O)NCC(C)c2ccc(F)cn2)cc1C. The van der Waals surface area contributed by atoms with E-state index in [1.165, 1.54) is 17.2 Å². The lowest BCUT2D eigenvalue weighted by Crippen LogP contribution is -2.45. The Morgan fingerprint density at radius 2 is 2.00 bits per heavy atom. The van der Waals surface area contributed by atoms with Crippen molar-refractivity contribution in [3.8, 4) is 0 Å². The molecule has 140 valence electrons. The number of carbonyl (C=O) groups is 1. The van der Waals surface area contributed by atoms with Crippen LogP contribution in [-0.2, 0) is 6.42 Å².